The summed E-state index contributed by atoms with van der Waals surface area (Å²) in [4.78, 5) is 5.61. The van der Waals surface area contributed by atoms with Crippen LogP contribution in [0.5, 0.6) is 0 Å². The number of ether oxygens (including phenoxy) is 1. The van der Waals surface area contributed by atoms with E-state index in [0.717, 1.165) is 9.37 Å². The monoisotopic (exact) mass is 369 g/mol. The van der Waals surface area contributed by atoms with Gasteiger partial charge in [0.25, 0.3) is 0 Å². The van der Waals surface area contributed by atoms with Gasteiger partial charge in [-0.1, -0.05) is 21.1 Å². The van der Waals surface area contributed by atoms with E-state index in [1.165, 1.54) is 0 Å². The SMILES string of the molecule is NC1(c2nc(CSc3ccc(Br)cc3)no2)CCOCC1. The lowest BCUT2D eigenvalue weighted by molar-refractivity contribution is 0.0400. The van der Waals surface area contributed by atoms with Crippen LogP contribution in [0.1, 0.15) is 24.6 Å². The lowest BCUT2D eigenvalue weighted by Gasteiger charge is -2.29. The van der Waals surface area contributed by atoms with E-state index in [0.29, 0.717) is 43.5 Å². The molecule has 2 heterocycles. The Bertz CT molecular complexity index is 597. The molecular formula is C14H16BrN3O2S. The molecule has 0 bridgehead atoms. The Morgan fingerprint density at radius 3 is 2.67 bits per heavy atom. The van der Waals surface area contributed by atoms with E-state index in [-0.39, 0.29) is 0 Å². The van der Waals surface area contributed by atoms with E-state index in [1.807, 2.05) is 12.1 Å². The zero-order valence-corrected chi connectivity index (χ0v) is 13.8. The number of hydrogen-bond donors (Lipinski definition) is 1. The Kier molecular flexibility index (Phi) is 4.63. The number of aromatic nitrogens is 2. The van der Waals surface area contributed by atoms with E-state index in [2.05, 4.69) is 38.2 Å². The maximum Gasteiger partial charge on any atom is 0.246 e. The Labute approximate surface area is 135 Å². The normalized spacial score (nSPS) is 17.8. The predicted octanol–water partition coefficient (Wildman–Crippen LogP) is 3.09. The van der Waals surface area contributed by atoms with Gasteiger partial charge in [0.2, 0.25) is 5.89 Å². The van der Waals surface area contributed by atoms with Crippen LogP contribution in [0.4, 0.5) is 0 Å². The van der Waals surface area contributed by atoms with Gasteiger partial charge in [-0.15, -0.1) is 11.8 Å². The number of nitrogens with two attached hydrogens (primary N) is 1. The molecule has 3 rings (SSSR count). The molecule has 0 spiro atoms. The van der Waals surface area contributed by atoms with Crippen molar-refractivity contribution in [2.24, 2.45) is 5.73 Å². The highest BCUT2D eigenvalue weighted by Gasteiger charge is 2.35. The summed E-state index contributed by atoms with van der Waals surface area (Å²) >= 11 is 5.09. The molecule has 1 saturated heterocycles. The van der Waals surface area contributed by atoms with Crippen LogP contribution >= 0.6 is 27.7 Å². The molecule has 0 saturated carbocycles. The first-order chi connectivity index (χ1) is 10.2. The van der Waals surface area contributed by atoms with E-state index >= 15 is 0 Å². The third-order valence-corrected chi connectivity index (χ3v) is 5.00. The fraction of sp³-hybridized carbons (Fsp3) is 0.429. The lowest BCUT2D eigenvalue weighted by Crippen LogP contribution is -2.42. The van der Waals surface area contributed by atoms with Gasteiger partial charge in [-0.3, -0.25) is 0 Å². The molecule has 21 heavy (non-hydrogen) atoms. The number of benzene rings is 1. The van der Waals surface area contributed by atoms with Gasteiger partial charge in [0.15, 0.2) is 5.82 Å². The number of halogens is 1. The molecule has 2 aromatic rings. The lowest BCUT2D eigenvalue weighted by atomic mass is 9.91. The second kappa shape index (κ2) is 6.48. The topological polar surface area (TPSA) is 74.2 Å². The molecule has 5 nitrogen and oxygen atoms in total. The van der Waals surface area contributed by atoms with Gasteiger partial charge < -0.3 is 15.0 Å². The minimum Gasteiger partial charge on any atom is -0.381 e. The summed E-state index contributed by atoms with van der Waals surface area (Å²) in [5, 5.41) is 4.03. The maximum atomic E-state index is 6.33. The summed E-state index contributed by atoms with van der Waals surface area (Å²) in [6, 6.07) is 8.14. The van der Waals surface area contributed by atoms with Crippen LogP contribution in [-0.4, -0.2) is 23.4 Å². The Balaban J connectivity index is 1.63. The number of rotatable bonds is 4. The molecule has 1 aromatic heterocycles. The van der Waals surface area contributed by atoms with E-state index < -0.39 is 5.54 Å². The van der Waals surface area contributed by atoms with Gasteiger partial charge >= 0.3 is 0 Å². The molecule has 1 aliphatic heterocycles. The first-order valence-electron chi connectivity index (χ1n) is 6.74. The van der Waals surface area contributed by atoms with Gasteiger partial charge in [-0.2, -0.15) is 4.98 Å². The zero-order valence-electron chi connectivity index (χ0n) is 11.4. The molecule has 0 radical (unpaired) electrons. The Hall–Kier alpha value is -0.890. The van der Waals surface area contributed by atoms with Crippen molar-refractivity contribution in [2.45, 2.75) is 29.0 Å². The van der Waals surface area contributed by atoms with E-state index in [9.17, 15) is 0 Å². The molecule has 1 aromatic carbocycles. The summed E-state index contributed by atoms with van der Waals surface area (Å²) in [6.45, 7) is 1.28. The average Bonchev–Trinajstić information content (AvgIpc) is 2.97. The molecule has 0 amide bonds. The highest BCUT2D eigenvalue weighted by Crippen LogP contribution is 2.29. The van der Waals surface area contributed by atoms with Crippen LogP contribution in [0.15, 0.2) is 38.2 Å². The van der Waals surface area contributed by atoms with Crippen molar-refractivity contribution in [2.75, 3.05) is 13.2 Å². The minimum absolute atomic E-state index is 0.525. The van der Waals surface area contributed by atoms with Crippen LogP contribution in [0.25, 0.3) is 0 Å². The van der Waals surface area contributed by atoms with Crippen molar-refractivity contribution in [1.29, 1.82) is 0 Å². The number of hydrogen-bond acceptors (Lipinski definition) is 6. The molecule has 0 atom stereocenters. The van der Waals surface area contributed by atoms with Gasteiger partial charge in [0.05, 0.1) is 5.75 Å². The second-order valence-electron chi connectivity index (χ2n) is 5.03. The highest BCUT2D eigenvalue weighted by atomic mass is 79.9. The average molecular weight is 370 g/mol. The van der Waals surface area contributed by atoms with Crippen LogP contribution in [0.2, 0.25) is 0 Å². The van der Waals surface area contributed by atoms with Crippen molar-refractivity contribution in [3.05, 3.63) is 40.5 Å². The van der Waals surface area contributed by atoms with Crippen LogP contribution in [0, 0.1) is 0 Å². The maximum absolute atomic E-state index is 6.33. The van der Waals surface area contributed by atoms with Gasteiger partial charge in [-0.05, 0) is 37.1 Å². The van der Waals surface area contributed by atoms with E-state index in [1.54, 1.807) is 11.8 Å². The first kappa shape index (κ1) is 15.0. The van der Waals surface area contributed by atoms with Crippen molar-refractivity contribution in [1.82, 2.24) is 10.1 Å². The van der Waals surface area contributed by atoms with Crippen molar-refractivity contribution >= 4 is 27.7 Å². The minimum atomic E-state index is -0.536. The van der Waals surface area contributed by atoms with Crippen LogP contribution in [-0.2, 0) is 16.0 Å². The summed E-state index contributed by atoms with van der Waals surface area (Å²) in [6.07, 6.45) is 1.43. The molecule has 112 valence electrons. The second-order valence-corrected chi connectivity index (χ2v) is 6.99. The fourth-order valence-electron chi connectivity index (χ4n) is 2.14. The largest absolute Gasteiger partial charge is 0.381 e. The number of thioether (sulfide) groups is 1. The molecular weight excluding hydrogens is 354 g/mol. The van der Waals surface area contributed by atoms with E-state index in [4.69, 9.17) is 15.0 Å². The Morgan fingerprint density at radius 2 is 1.95 bits per heavy atom. The molecule has 2 N–H and O–H groups in total. The summed E-state index contributed by atoms with van der Waals surface area (Å²) in [5.41, 5.74) is 5.79. The highest BCUT2D eigenvalue weighted by molar-refractivity contribution is 9.10. The molecule has 1 aliphatic rings. The van der Waals surface area contributed by atoms with Crippen LogP contribution < -0.4 is 5.73 Å². The van der Waals surface area contributed by atoms with Gasteiger partial charge in [0.1, 0.15) is 5.54 Å². The molecule has 0 aliphatic carbocycles. The summed E-state index contributed by atoms with van der Waals surface area (Å²) in [5.74, 6) is 1.86. The van der Waals surface area contributed by atoms with Gasteiger partial charge in [-0.25, -0.2) is 0 Å². The zero-order chi connectivity index (χ0) is 14.7. The third kappa shape index (κ3) is 3.66. The Morgan fingerprint density at radius 1 is 1.24 bits per heavy atom. The van der Waals surface area contributed by atoms with Crippen molar-refractivity contribution in [3.63, 3.8) is 0 Å². The standard InChI is InChI=1S/C14H16BrN3O2S/c15-10-1-3-11(4-2-10)21-9-12-17-13(20-18-12)14(16)5-7-19-8-6-14/h1-4H,5-9,16H2. The smallest absolute Gasteiger partial charge is 0.246 e. The van der Waals surface area contributed by atoms with Crippen molar-refractivity contribution in [3.8, 4) is 0 Å². The van der Waals surface area contributed by atoms with Gasteiger partial charge in [0, 0.05) is 22.6 Å². The molecule has 0 unspecified atom stereocenters. The fourth-order valence-corrected chi connectivity index (χ4v) is 3.15. The quantitative estimate of drug-likeness (QED) is 0.834. The van der Waals surface area contributed by atoms with Crippen LogP contribution in [0.3, 0.4) is 0 Å². The van der Waals surface area contributed by atoms with Crippen molar-refractivity contribution < 1.29 is 9.26 Å². The summed E-state index contributed by atoms with van der Waals surface area (Å²) in [7, 11) is 0. The number of nitrogens with zero attached hydrogens (tertiary/aromatic N) is 2. The first-order valence-corrected chi connectivity index (χ1v) is 8.52. The molecule has 7 heteroatoms. The summed E-state index contributed by atoms with van der Waals surface area (Å²) < 4.78 is 11.8. The molecule has 1 fully saturated rings. The third-order valence-electron chi connectivity index (χ3n) is 3.46. The predicted molar refractivity (Wildman–Crippen MR) is 83.9 cm³/mol.